The third-order valence-corrected chi connectivity index (χ3v) is 3.75. The van der Waals surface area contributed by atoms with Gasteiger partial charge in [0.05, 0.1) is 6.54 Å². The highest BCUT2D eigenvalue weighted by molar-refractivity contribution is 5.84. The van der Waals surface area contributed by atoms with Gasteiger partial charge in [-0.25, -0.2) is 4.39 Å². The van der Waals surface area contributed by atoms with E-state index in [1.54, 1.807) is 20.3 Å². The third-order valence-electron chi connectivity index (χ3n) is 3.75. The second-order valence-corrected chi connectivity index (χ2v) is 5.09. The quantitative estimate of drug-likeness (QED) is 0.830. The number of hydrogen-bond acceptors (Lipinski definition) is 4. The number of nitrogens with one attached hydrogen (secondary N) is 1. The van der Waals surface area contributed by atoms with Gasteiger partial charge in [-0.15, -0.1) is 0 Å². The number of piperazine rings is 1. The largest absolute Gasteiger partial charge is 0.355 e. The van der Waals surface area contributed by atoms with E-state index >= 15 is 0 Å². The smallest absolute Gasteiger partial charge is 0.242 e. The predicted molar refractivity (Wildman–Crippen MR) is 76.3 cm³/mol. The van der Waals surface area contributed by atoms with E-state index in [2.05, 4.69) is 5.32 Å². The first-order valence-electron chi connectivity index (χ1n) is 6.90. The van der Waals surface area contributed by atoms with Crippen LogP contribution in [0.5, 0.6) is 0 Å². The molecule has 0 saturated carbocycles. The number of amides is 1. The van der Waals surface area contributed by atoms with Gasteiger partial charge in [0.2, 0.25) is 5.91 Å². The van der Waals surface area contributed by atoms with Crippen LogP contribution in [0.1, 0.15) is 17.2 Å². The summed E-state index contributed by atoms with van der Waals surface area (Å²) >= 11 is 0. The highest BCUT2D eigenvalue weighted by Crippen LogP contribution is 2.27. The van der Waals surface area contributed by atoms with Gasteiger partial charge in [0.1, 0.15) is 11.9 Å². The molecule has 1 aromatic rings. The second-order valence-electron chi connectivity index (χ2n) is 5.09. The summed E-state index contributed by atoms with van der Waals surface area (Å²) in [7, 11) is 3.13. The Morgan fingerprint density at radius 2 is 2.14 bits per heavy atom. The van der Waals surface area contributed by atoms with E-state index in [4.69, 9.17) is 9.47 Å². The van der Waals surface area contributed by atoms with E-state index < -0.39 is 12.3 Å². The van der Waals surface area contributed by atoms with Gasteiger partial charge in [0.15, 0.2) is 6.29 Å². The summed E-state index contributed by atoms with van der Waals surface area (Å²) in [6.45, 7) is 3.55. The maximum atomic E-state index is 13.3. The van der Waals surface area contributed by atoms with E-state index in [-0.39, 0.29) is 11.7 Å². The molecule has 1 heterocycles. The maximum Gasteiger partial charge on any atom is 0.242 e. The van der Waals surface area contributed by atoms with Crippen molar-refractivity contribution in [2.75, 3.05) is 33.9 Å². The number of carbonyl (C=O) groups is 1. The lowest BCUT2D eigenvalue weighted by Crippen LogP contribution is -2.52. The molecule has 0 spiro atoms. The third kappa shape index (κ3) is 3.58. The molecule has 0 aliphatic carbocycles. The van der Waals surface area contributed by atoms with Gasteiger partial charge in [-0.3, -0.25) is 9.69 Å². The molecule has 0 aromatic heterocycles. The molecule has 1 amide bonds. The summed E-state index contributed by atoms with van der Waals surface area (Å²) in [5.74, 6) is -0.382. The maximum absolute atomic E-state index is 13.3. The van der Waals surface area contributed by atoms with Gasteiger partial charge >= 0.3 is 0 Å². The van der Waals surface area contributed by atoms with Crippen molar-refractivity contribution >= 4 is 5.91 Å². The Labute approximate surface area is 124 Å². The molecule has 1 aliphatic rings. The van der Waals surface area contributed by atoms with E-state index in [0.717, 1.165) is 11.1 Å². The van der Waals surface area contributed by atoms with Crippen molar-refractivity contribution in [3.05, 3.63) is 35.1 Å². The lowest BCUT2D eigenvalue weighted by molar-refractivity contribution is -0.140. The fraction of sp³-hybridized carbons (Fsp3) is 0.533. The Morgan fingerprint density at radius 3 is 2.76 bits per heavy atom. The highest BCUT2D eigenvalue weighted by atomic mass is 19.1. The molecular weight excluding hydrogens is 275 g/mol. The minimum absolute atomic E-state index is 0.0816. The number of nitrogens with zero attached hydrogens (tertiary/aromatic N) is 1. The first-order chi connectivity index (χ1) is 10.1. The molecule has 6 heteroatoms. The Morgan fingerprint density at radius 1 is 1.43 bits per heavy atom. The molecule has 1 unspecified atom stereocenters. The predicted octanol–water partition coefficient (Wildman–Crippen LogP) is 1.23. The zero-order chi connectivity index (χ0) is 15.4. The monoisotopic (exact) mass is 296 g/mol. The number of rotatable bonds is 5. The zero-order valence-corrected chi connectivity index (χ0v) is 12.6. The van der Waals surface area contributed by atoms with Crippen molar-refractivity contribution in [3.8, 4) is 0 Å². The summed E-state index contributed by atoms with van der Waals surface area (Å²) < 4.78 is 23.7. The van der Waals surface area contributed by atoms with Gasteiger partial charge in [0, 0.05) is 27.3 Å². The van der Waals surface area contributed by atoms with Gasteiger partial charge in [-0.2, -0.15) is 0 Å². The molecule has 1 aromatic carbocycles. The van der Waals surface area contributed by atoms with E-state index in [0.29, 0.717) is 19.6 Å². The Bertz CT molecular complexity index is 506. The van der Waals surface area contributed by atoms with Crippen molar-refractivity contribution in [1.29, 1.82) is 0 Å². The highest BCUT2D eigenvalue weighted by Gasteiger charge is 2.33. The molecule has 0 radical (unpaired) electrons. The number of carbonyl (C=O) groups excluding carboxylic acids is 1. The number of benzene rings is 1. The fourth-order valence-electron chi connectivity index (χ4n) is 2.63. The number of methoxy groups -OCH3 is 2. The molecule has 2 rings (SSSR count). The zero-order valence-electron chi connectivity index (χ0n) is 12.6. The van der Waals surface area contributed by atoms with E-state index in [1.165, 1.54) is 12.1 Å². The normalized spacial score (nSPS) is 19.9. The van der Waals surface area contributed by atoms with Crippen LogP contribution in [0.15, 0.2) is 18.2 Å². The number of aryl methyl sites for hydroxylation is 1. The number of ether oxygens (including phenoxy) is 2. The average molecular weight is 296 g/mol. The summed E-state index contributed by atoms with van der Waals surface area (Å²) in [4.78, 5) is 14.3. The first kappa shape index (κ1) is 15.9. The van der Waals surface area contributed by atoms with E-state index in [9.17, 15) is 9.18 Å². The van der Waals surface area contributed by atoms with Crippen LogP contribution in [0.2, 0.25) is 0 Å². The molecular formula is C15H21FN2O3. The van der Waals surface area contributed by atoms with Crippen LogP contribution in [0, 0.1) is 12.7 Å². The number of hydrogen-bond donors (Lipinski definition) is 1. The van der Waals surface area contributed by atoms with Gasteiger partial charge < -0.3 is 14.8 Å². The second kappa shape index (κ2) is 6.98. The fourth-order valence-corrected chi connectivity index (χ4v) is 2.63. The summed E-state index contributed by atoms with van der Waals surface area (Å²) in [5, 5.41) is 2.86. The van der Waals surface area contributed by atoms with Gasteiger partial charge in [-0.05, 0) is 30.2 Å². The van der Waals surface area contributed by atoms with Crippen LogP contribution in [0.25, 0.3) is 0 Å². The van der Waals surface area contributed by atoms with Crippen molar-refractivity contribution in [2.24, 2.45) is 0 Å². The van der Waals surface area contributed by atoms with Crippen LogP contribution in [-0.2, 0) is 14.3 Å². The molecule has 21 heavy (non-hydrogen) atoms. The van der Waals surface area contributed by atoms with Crippen LogP contribution in [0.4, 0.5) is 4.39 Å². The number of halogens is 1. The minimum atomic E-state index is -0.452. The van der Waals surface area contributed by atoms with Gasteiger partial charge in [-0.1, -0.05) is 6.07 Å². The molecule has 1 saturated heterocycles. The van der Waals surface area contributed by atoms with Crippen molar-refractivity contribution in [3.63, 3.8) is 0 Å². The SMILES string of the molecule is COC(CN1CCNC(=O)C1c1ccc(F)cc1C)OC. The standard InChI is InChI=1S/C15H21FN2O3/c1-10-8-11(16)4-5-12(10)14-15(19)17-6-7-18(14)9-13(20-2)21-3/h4-5,8,13-14H,6-7,9H2,1-3H3,(H,17,19). The Hall–Kier alpha value is -1.50. The Balaban J connectivity index is 2.28. The topological polar surface area (TPSA) is 50.8 Å². The summed E-state index contributed by atoms with van der Waals surface area (Å²) in [6, 6.07) is 4.04. The first-order valence-corrected chi connectivity index (χ1v) is 6.90. The minimum Gasteiger partial charge on any atom is -0.355 e. The molecule has 1 atom stereocenters. The van der Waals surface area contributed by atoms with Gasteiger partial charge in [0.25, 0.3) is 0 Å². The van der Waals surface area contributed by atoms with Crippen molar-refractivity contribution in [2.45, 2.75) is 19.3 Å². The molecule has 0 bridgehead atoms. The lowest BCUT2D eigenvalue weighted by Gasteiger charge is -2.37. The molecule has 116 valence electrons. The molecule has 1 fully saturated rings. The van der Waals surface area contributed by atoms with Crippen LogP contribution >= 0.6 is 0 Å². The van der Waals surface area contributed by atoms with Crippen molar-refractivity contribution < 1.29 is 18.7 Å². The van der Waals surface area contributed by atoms with E-state index in [1.807, 2.05) is 11.8 Å². The van der Waals surface area contributed by atoms with Crippen molar-refractivity contribution in [1.82, 2.24) is 10.2 Å². The van der Waals surface area contributed by atoms with Crippen LogP contribution in [-0.4, -0.2) is 51.0 Å². The molecule has 5 nitrogen and oxygen atoms in total. The average Bonchev–Trinajstić information content (AvgIpc) is 2.46. The lowest BCUT2D eigenvalue weighted by atomic mass is 9.97. The van der Waals surface area contributed by atoms with Crippen LogP contribution in [0.3, 0.4) is 0 Å². The Kier molecular flexibility index (Phi) is 5.27. The summed E-state index contributed by atoms with van der Waals surface area (Å²) in [5.41, 5.74) is 1.56. The molecule has 1 aliphatic heterocycles. The molecule has 1 N–H and O–H groups in total. The van der Waals surface area contributed by atoms with Crippen LogP contribution < -0.4 is 5.32 Å². The summed E-state index contributed by atoms with van der Waals surface area (Å²) in [6.07, 6.45) is -0.404.